The van der Waals surface area contributed by atoms with Gasteiger partial charge in [-0.1, -0.05) is 40.2 Å². The molecule has 0 amide bonds. The first-order valence-electron chi connectivity index (χ1n) is 7.42. The molecule has 108 valence electrons. The van der Waals surface area contributed by atoms with Crippen LogP contribution >= 0.6 is 0 Å². The molecule has 0 aliphatic carbocycles. The fourth-order valence-electron chi connectivity index (χ4n) is 1.51. The van der Waals surface area contributed by atoms with Gasteiger partial charge >= 0.3 is 0 Å². The molecule has 0 atom stereocenters. The van der Waals surface area contributed by atoms with Crippen LogP contribution in [0.2, 0.25) is 0 Å². The molecule has 0 radical (unpaired) electrons. The fraction of sp³-hybridized carbons (Fsp3) is 0.647. The summed E-state index contributed by atoms with van der Waals surface area (Å²) in [5.41, 5.74) is 4.09. The molecule has 0 bridgehead atoms. The van der Waals surface area contributed by atoms with E-state index in [9.17, 15) is 0 Å². The highest BCUT2D eigenvalue weighted by molar-refractivity contribution is 5.50. The van der Waals surface area contributed by atoms with Gasteiger partial charge in [0.15, 0.2) is 0 Å². The number of hydrogen-bond donors (Lipinski definition) is 0. The molecule has 0 saturated heterocycles. The Kier molecular flexibility index (Phi) is 13.4. The molecule has 18 heavy (non-hydrogen) atoms. The van der Waals surface area contributed by atoms with Gasteiger partial charge in [-0.25, -0.2) is 0 Å². The zero-order valence-electron chi connectivity index (χ0n) is 13.8. The lowest BCUT2D eigenvalue weighted by Crippen LogP contribution is -2.21. The molecule has 1 nitrogen and oxygen atoms in total. The van der Waals surface area contributed by atoms with Crippen molar-refractivity contribution in [2.75, 3.05) is 18.0 Å². The predicted octanol–water partition coefficient (Wildman–Crippen LogP) is 5.84. The summed E-state index contributed by atoms with van der Waals surface area (Å²) in [5.74, 6) is 0. The first kappa shape index (κ1) is 19.4. The Morgan fingerprint density at radius 2 is 1.33 bits per heavy atom. The molecule has 0 aliphatic rings. The Hall–Kier alpha value is -0.980. The summed E-state index contributed by atoms with van der Waals surface area (Å²) in [6.07, 6.45) is 1.25. The van der Waals surface area contributed by atoms with Gasteiger partial charge in [0.25, 0.3) is 0 Å². The maximum atomic E-state index is 2.37. The predicted molar refractivity (Wildman–Crippen MR) is 88.9 cm³/mol. The minimum atomic E-state index is 0. The summed E-state index contributed by atoms with van der Waals surface area (Å²) >= 11 is 0. The molecule has 0 unspecified atom stereocenters. The van der Waals surface area contributed by atoms with Gasteiger partial charge < -0.3 is 4.90 Å². The second kappa shape index (κ2) is 12.5. The highest BCUT2D eigenvalue weighted by atomic mass is 15.1. The number of aryl methyl sites for hydroxylation is 2. The van der Waals surface area contributed by atoms with Crippen LogP contribution in [0.1, 0.15) is 60.5 Å². The monoisotopic (exact) mass is 253 g/mol. The standard InChI is InChI=1S/C12H19N.C3H8.C2H6.H2/c1-5-13(6-2)12-8-7-10(3)11(4)9-12;1-3-2;1-2;/h7-9H,5-6H2,1-4H3;3H2,1-2H3;1-2H3;1H. The van der Waals surface area contributed by atoms with Crippen LogP contribution in [0.4, 0.5) is 5.69 Å². The number of anilines is 1. The van der Waals surface area contributed by atoms with E-state index in [2.05, 4.69) is 64.6 Å². The summed E-state index contributed by atoms with van der Waals surface area (Å²) in [6, 6.07) is 6.67. The summed E-state index contributed by atoms with van der Waals surface area (Å²) in [6.45, 7) is 19.1. The molecule has 1 heteroatoms. The topological polar surface area (TPSA) is 3.24 Å². The maximum Gasteiger partial charge on any atom is 0.0368 e. The average Bonchev–Trinajstić information content (AvgIpc) is 2.38. The van der Waals surface area contributed by atoms with E-state index in [1.54, 1.807) is 0 Å². The van der Waals surface area contributed by atoms with Crippen molar-refractivity contribution in [1.82, 2.24) is 0 Å². The SMILES string of the molecule is CC.CCC.CCN(CC)c1ccc(C)c(C)c1.[HH]. The molecule has 0 aromatic heterocycles. The van der Waals surface area contributed by atoms with Crippen LogP contribution in [0.5, 0.6) is 0 Å². The second-order valence-electron chi connectivity index (χ2n) is 4.15. The number of hydrogen-bond acceptors (Lipinski definition) is 1. The Labute approximate surface area is 117 Å². The Bertz CT molecular complexity index is 293. The van der Waals surface area contributed by atoms with Crippen LogP contribution in [-0.4, -0.2) is 13.1 Å². The average molecular weight is 253 g/mol. The van der Waals surface area contributed by atoms with E-state index in [1.807, 2.05) is 13.8 Å². The Morgan fingerprint density at radius 1 is 0.889 bits per heavy atom. The molecule has 1 rings (SSSR count). The van der Waals surface area contributed by atoms with Crippen molar-refractivity contribution >= 4 is 5.69 Å². The van der Waals surface area contributed by atoms with Crippen LogP contribution in [0, 0.1) is 13.8 Å². The number of nitrogens with zero attached hydrogens (tertiary/aromatic N) is 1. The van der Waals surface area contributed by atoms with Crippen molar-refractivity contribution < 1.29 is 1.43 Å². The maximum absolute atomic E-state index is 2.37. The van der Waals surface area contributed by atoms with Crippen molar-refractivity contribution in [1.29, 1.82) is 0 Å². The van der Waals surface area contributed by atoms with Gasteiger partial charge in [0.1, 0.15) is 0 Å². The highest BCUT2D eigenvalue weighted by Gasteiger charge is 2.01. The van der Waals surface area contributed by atoms with E-state index in [0.29, 0.717) is 0 Å². The van der Waals surface area contributed by atoms with Crippen molar-refractivity contribution in [2.45, 2.75) is 61.8 Å². The van der Waals surface area contributed by atoms with E-state index in [0.717, 1.165) is 13.1 Å². The second-order valence-corrected chi connectivity index (χ2v) is 4.15. The van der Waals surface area contributed by atoms with Crippen molar-refractivity contribution in [3.05, 3.63) is 29.3 Å². The van der Waals surface area contributed by atoms with Crippen LogP contribution in [0.3, 0.4) is 0 Å². The lowest BCUT2D eigenvalue weighted by atomic mass is 10.1. The summed E-state index contributed by atoms with van der Waals surface area (Å²) in [7, 11) is 0. The highest BCUT2D eigenvalue weighted by Crippen LogP contribution is 2.18. The molecule has 0 N–H and O–H groups in total. The van der Waals surface area contributed by atoms with Gasteiger partial charge in [0, 0.05) is 20.2 Å². The van der Waals surface area contributed by atoms with E-state index < -0.39 is 0 Å². The van der Waals surface area contributed by atoms with Gasteiger partial charge in [-0.2, -0.15) is 0 Å². The normalized spacial score (nSPS) is 8.67. The Balaban J connectivity index is -0.000000376. The third-order valence-corrected chi connectivity index (χ3v) is 2.62. The Morgan fingerprint density at radius 3 is 1.67 bits per heavy atom. The lowest BCUT2D eigenvalue weighted by molar-refractivity contribution is 0.865. The van der Waals surface area contributed by atoms with Gasteiger partial charge in [-0.15, -0.1) is 0 Å². The smallest absolute Gasteiger partial charge is 0.0368 e. The number of benzene rings is 1. The van der Waals surface area contributed by atoms with Gasteiger partial charge in [-0.3, -0.25) is 0 Å². The molecule has 0 spiro atoms. The molecule has 1 aromatic rings. The first-order chi connectivity index (χ1) is 8.60. The lowest BCUT2D eigenvalue weighted by Gasteiger charge is -2.21. The zero-order valence-corrected chi connectivity index (χ0v) is 13.8. The van der Waals surface area contributed by atoms with Crippen LogP contribution in [0.15, 0.2) is 18.2 Å². The number of rotatable bonds is 3. The van der Waals surface area contributed by atoms with E-state index >= 15 is 0 Å². The molecule has 0 heterocycles. The van der Waals surface area contributed by atoms with Crippen molar-refractivity contribution in [3.8, 4) is 0 Å². The summed E-state index contributed by atoms with van der Waals surface area (Å²) in [4.78, 5) is 2.37. The zero-order chi connectivity index (χ0) is 14.6. The molecular formula is C17H35N. The van der Waals surface area contributed by atoms with Crippen LogP contribution in [0.25, 0.3) is 0 Å². The first-order valence-corrected chi connectivity index (χ1v) is 7.42. The molecule has 0 saturated carbocycles. The van der Waals surface area contributed by atoms with Crippen LogP contribution < -0.4 is 4.90 Å². The largest absolute Gasteiger partial charge is 0.372 e. The third kappa shape index (κ3) is 7.37. The summed E-state index contributed by atoms with van der Waals surface area (Å²) in [5, 5.41) is 0. The molecule has 0 aliphatic heterocycles. The molecule has 1 aromatic carbocycles. The van der Waals surface area contributed by atoms with Crippen LogP contribution in [-0.2, 0) is 0 Å². The third-order valence-electron chi connectivity index (χ3n) is 2.62. The van der Waals surface area contributed by atoms with Gasteiger partial charge in [0.2, 0.25) is 0 Å². The fourth-order valence-corrected chi connectivity index (χ4v) is 1.51. The molecular weight excluding hydrogens is 218 g/mol. The minimum absolute atomic E-state index is 0. The van der Waals surface area contributed by atoms with E-state index in [1.165, 1.54) is 23.2 Å². The van der Waals surface area contributed by atoms with E-state index in [4.69, 9.17) is 0 Å². The quantitative estimate of drug-likeness (QED) is 0.654. The van der Waals surface area contributed by atoms with Gasteiger partial charge in [0.05, 0.1) is 0 Å². The van der Waals surface area contributed by atoms with Gasteiger partial charge in [-0.05, 0) is 51.0 Å². The van der Waals surface area contributed by atoms with Crippen molar-refractivity contribution in [3.63, 3.8) is 0 Å². The minimum Gasteiger partial charge on any atom is -0.372 e. The van der Waals surface area contributed by atoms with E-state index in [-0.39, 0.29) is 1.43 Å². The van der Waals surface area contributed by atoms with Crippen molar-refractivity contribution in [2.24, 2.45) is 0 Å². The summed E-state index contributed by atoms with van der Waals surface area (Å²) < 4.78 is 0. The molecule has 0 fully saturated rings.